The predicted molar refractivity (Wildman–Crippen MR) is 124 cm³/mol. The number of anilines is 1. The van der Waals surface area contributed by atoms with Crippen molar-refractivity contribution < 1.29 is 14.3 Å². The van der Waals surface area contributed by atoms with Crippen LogP contribution in [0.3, 0.4) is 0 Å². The van der Waals surface area contributed by atoms with Gasteiger partial charge in [-0.2, -0.15) is 5.10 Å². The van der Waals surface area contributed by atoms with E-state index in [1.54, 1.807) is 47.2 Å². The molecule has 0 aliphatic carbocycles. The Morgan fingerprint density at radius 3 is 2.62 bits per heavy atom. The van der Waals surface area contributed by atoms with Crippen molar-refractivity contribution in [3.05, 3.63) is 81.6 Å². The molecule has 1 aromatic heterocycles. The predicted octanol–water partition coefficient (Wildman–Crippen LogP) is 3.84. The fourth-order valence-corrected chi connectivity index (χ4v) is 3.88. The summed E-state index contributed by atoms with van der Waals surface area (Å²) in [5.41, 5.74) is 8.30. The molecule has 1 unspecified atom stereocenters. The molecule has 9 heteroatoms. The molecular weight excluding hydrogens is 451 g/mol. The first kappa shape index (κ1) is 21.9. The van der Waals surface area contributed by atoms with E-state index in [0.29, 0.717) is 39.4 Å². The molecule has 1 atom stereocenters. The molecule has 4 rings (SSSR count). The summed E-state index contributed by atoms with van der Waals surface area (Å²) in [4.78, 5) is 26.1. The van der Waals surface area contributed by atoms with Crippen LogP contribution in [0.25, 0.3) is 6.08 Å². The molecule has 3 aromatic rings. The van der Waals surface area contributed by atoms with Crippen LogP contribution in [0.15, 0.2) is 54.6 Å². The van der Waals surface area contributed by atoms with Crippen LogP contribution in [0.2, 0.25) is 10.2 Å². The lowest BCUT2D eigenvalue weighted by atomic mass is 10.1. The molecule has 1 aliphatic rings. The third-order valence-electron chi connectivity index (χ3n) is 5.10. The fourth-order valence-electron chi connectivity index (χ4n) is 3.46. The Balaban J connectivity index is 1.57. The summed E-state index contributed by atoms with van der Waals surface area (Å²) in [6.07, 6.45) is 2.11. The van der Waals surface area contributed by atoms with Gasteiger partial charge < -0.3 is 15.4 Å². The van der Waals surface area contributed by atoms with E-state index in [4.69, 9.17) is 33.7 Å². The van der Waals surface area contributed by atoms with Crippen LogP contribution < -0.4 is 15.4 Å². The zero-order valence-corrected chi connectivity index (χ0v) is 18.7. The third kappa shape index (κ3) is 4.49. The standard InChI is InChI=1S/C23H20Cl2N4O3/c1-14-17(22(25)29(27-14)12-15-6-8-16(24)9-7-15)10-11-21(30)28-13-20(23(26)31)32-19-5-3-2-4-18(19)28/h2-11,20H,12-13H2,1H3,(H2,26,31)/b11-10+. The van der Waals surface area contributed by atoms with Crippen LogP contribution in [-0.4, -0.2) is 34.2 Å². The first-order valence-electron chi connectivity index (χ1n) is 9.85. The third-order valence-corrected chi connectivity index (χ3v) is 5.76. The highest BCUT2D eigenvalue weighted by molar-refractivity contribution is 6.31. The highest BCUT2D eigenvalue weighted by Crippen LogP contribution is 2.33. The average Bonchev–Trinajstić information content (AvgIpc) is 3.05. The van der Waals surface area contributed by atoms with E-state index in [0.717, 1.165) is 5.56 Å². The van der Waals surface area contributed by atoms with E-state index >= 15 is 0 Å². The number of amides is 2. The molecule has 0 radical (unpaired) electrons. The van der Waals surface area contributed by atoms with Crippen molar-refractivity contribution in [2.45, 2.75) is 19.6 Å². The maximum absolute atomic E-state index is 13.0. The van der Waals surface area contributed by atoms with Gasteiger partial charge in [0.25, 0.3) is 11.8 Å². The molecule has 2 N–H and O–H groups in total. The molecule has 0 bridgehead atoms. The lowest BCUT2D eigenvalue weighted by Crippen LogP contribution is -2.49. The van der Waals surface area contributed by atoms with Crippen molar-refractivity contribution in [2.24, 2.45) is 5.73 Å². The maximum Gasteiger partial charge on any atom is 0.260 e. The largest absolute Gasteiger partial charge is 0.477 e. The van der Waals surface area contributed by atoms with E-state index in [1.807, 2.05) is 19.1 Å². The minimum absolute atomic E-state index is 0.0259. The van der Waals surface area contributed by atoms with E-state index in [9.17, 15) is 9.59 Å². The van der Waals surface area contributed by atoms with Gasteiger partial charge in [0.2, 0.25) is 0 Å². The molecule has 0 fully saturated rings. The van der Waals surface area contributed by atoms with Gasteiger partial charge >= 0.3 is 0 Å². The van der Waals surface area contributed by atoms with Crippen molar-refractivity contribution in [1.29, 1.82) is 0 Å². The molecule has 2 heterocycles. The molecule has 0 saturated heterocycles. The van der Waals surface area contributed by atoms with Crippen LogP contribution >= 0.6 is 23.2 Å². The van der Waals surface area contributed by atoms with Gasteiger partial charge in [-0.05, 0) is 42.8 Å². The number of para-hydroxylation sites is 2. The summed E-state index contributed by atoms with van der Waals surface area (Å²) in [5, 5.41) is 5.55. The number of carbonyl (C=O) groups is 2. The summed E-state index contributed by atoms with van der Waals surface area (Å²) < 4.78 is 7.27. The zero-order chi connectivity index (χ0) is 22.8. The van der Waals surface area contributed by atoms with Gasteiger partial charge in [-0.25, -0.2) is 4.68 Å². The quantitative estimate of drug-likeness (QED) is 0.573. The van der Waals surface area contributed by atoms with E-state index in [-0.39, 0.29) is 12.5 Å². The van der Waals surface area contributed by atoms with Gasteiger partial charge in [0.05, 0.1) is 24.5 Å². The minimum atomic E-state index is -0.922. The molecular formula is C23H20Cl2N4O3. The number of aromatic nitrogens is 2. The van der Waals surface area contributed by atoms with E-state index in [1.165, 1.54) is 11.0 Å². The lowest BCUT2D eigenvalue weighted by Gasteiger charge is -2.32. The molecule has 7 nitrogen and oxygen atoms in total. The number of halogens is 2. The lowest BCUT2D eigenvalue weighted by molar-refractivity contribution is -0.125. The minimum Gasteiger partial charge on any atom is -0.477 e. The number of benzene rings is 2. The first-order chi connectivity index (χ1) is 15.3. The van der Waals surface area contributed by atoms with E-state index < -0.39 is 12.0 Å². The number of hydrogen-bond acceptors (Lipinski definition) is 4. The van der Waals surface area contributed by atoms with Crippen molar-refractivity contribution in [3.8, 4) is 5.75 Å². The Morgan fingerprint density at radius 1 is 1.19 bits per heavy atom. The van der Waals surface area contributed by atoms with Crippen LogP contribution in [0.5, 0.6) is 5.75 Å². The van der Waals surface area contributed by atoms with E-state index in [2.05, 4.69) is 5.10 Å². The summed E-state index contributed by atoms with van der Waals surface area (Å²) in [6.45, 7) is 2.31. The second kappa shape index (κ2) is 9.06. The van der Waals surface area contributed by atoms with Gasteiger partial charge in [0, 0.05) is 16.7 Å². The number of primary amides is 1. The maximum atomic E-state index is 13.0. The molecule has 2 amide bonds. The number of nitrogens with two attached hydrogens (primary N) is 1. The van der Waals surface area contributed by atoms with Crippen molar-refractivity contribution in [3.63, 3.8) is 0 Å². The van der Waals surface area contributed by atoms with Gasteiger partial charge in [0.1, 0.15) is 10.9 Å². The van der Waals surface area contributed by atoms with Gasteiger partial charge in [0.15, 0.2) is 6.10 Å². The molecule has 164 valence electrons. The number of hydrogen-bond donors (Lipinski definition) is 1. The van der Waals surface area contributed by atoms with Crippen LogP contribution in [-0.2, 0) is 16.1 Å². The highest BCUT2D eigenvalue weighted by Gasteiger charge is 2.31. The zero-order valence-electron chi connectivity index (χ0n) is 17.2. The number of fused-ring (bicyclic) bond motifs is 1. The van der Waals surface area contributed by atoms with Crippen molar-refractivity contribution >= 4 is 46.8 Å². The first-order valence-corrected chi connectivity index (χ1v) is 10.6. The van der Waals surface area contributed by atoms with Crippen molar-refractivity contribution in [1.82, 2.24) is 9.78 Å². The summed E-state index contributed by atoms with van der Waals surface area (Å²) in [6, 6.07) is 14.4. The highest BCUT2D eigenvalue weighted by atomic mass is 35.5. The van der Waals surface area contributed by atoms with Crippen molar-refractivity contribution in [2.75, 3.05) is 11.4 Å². The molecule has 2 aromatic carbocycles. The SMILES string of the molecule is Cc1nn(Cc2ccc(Cl)cc2)c(Cl)c1/C=C/C(=O)N1CC(C(N)=O)Oc2ccccc21. The monoisotopic (exact) mass is 470 g/mol. The number of carbonyl (C=O) groups excluding carboxylic acids is 2. The topological polar surface area (TPSA) is 90.5 Å². The van der Waals surface area contributed by atoms with Gasteiger partial charge in [-0.3, -0.25) is 9.59 Å². The van der Waals surface area contributed by atoms with Gasteiger partial charge in [-0.1, -0.05) is 47.5 Å². The summed E-state index contributed by atoms with van der Waals surface area (Å²) in [7, 11) is 0. The summed E-state index contributed by atoms with van der Waals surface area (Å²) >= 11 is 12.5. The Hall–Kier alpha value is -3.29. The molecule has 1 aliphatic heterocycles. The van der Waals surface area contributed by atoms with Gasteiger partial charge in [-0.15, -0.1) is 0 Å². The smallest absolute Gasteiger partial charge is 0.260 e. The van der Waals surface area contributed by atoms with Crippen LogP contribution in [0.1, 0.15) is 16.8 Å². The molecule has 0 saturated carbocycles. The number of ether oxygens (including phenoxy) is 1. The second-order valence-corrected chi connectivity index (χ2v) is 8.13. The van der Waals surface area contributed by atoms with Crippen LogP contribution in [0.4, 0.5) is 5.69 Å². The summed E-state index contributed by atoms with van der Waals surface area (Å²) in [5.74, 6) is -0.536. The second-order valence-electron chi connectivity index (χ2n) is 7.33. The normalized spacial score (nSPS) is 15.5. The van der Waals surface area contributed by atoms with Crippen LogP contribution in [0, 0.1) is 6.92 Å². The molecule has 0 spiro atoms. The Morgan fingerprint density at radius 2 is 1.91 bits per heavy atom. The number of nitrogens with zero attached hydrogens (tertiary/aromatic N) is 3. The Kier molecular flexibility index (Phi) is 6.21. The number of aryl methyl sites for hydroxylation is 1. The number of rotatable bonds is 5. The Labute approximate surface area is 195 Å². The molecule has 32 heavy (non-hydrogen) atoms. The fraction of sp³-hybridized carbons (Fsp3) is 0.174. The Bertz CT molecular complexity index is 1200. The average molecular weight is 471 g/mol.